The summed E-state index contributed by atoms with van der Waals surface area (Å²) in [6.07, 6.45) is 1.59. The molecule has 1 atom stereocenters. The van der Waals surface area contributed by atoms with E-state index >= 15 is 0 Å². The molecule has 0 amide bonds. The van der Waals surface area contributed by atoms with Crippen LogP contribution in [0, 0.1) is 10.1 Å². The van der Waals surface area contributed by atoms with Gasteiger partial charge in [0.05, 0.1) is 22.0 Å². The summed E-state index contributed by atoms with van der Waals surface area (Å²) in [7, 11) is 0. The maximum absolute atomic E-state index is 11.1. The smallest absolute Gasteiger partial charge is 0.278 e. The van der Waals surface area contributed by atoms with Gasteiger partial charge in [0.15, 0.2) is 5.82 Å². The number of H-pyrrole nitrogens is 1. The molecule has 2 heterocycles. The van der Waals surface area contributed by atoms with Crippen molar-refractivity contribution in [3.8, 4) is 0 Å². The first kappa shape index (κ1) is 12.9. The minimum absolute atomic E-state index is 0.0239. The van der Waals surface area contributed by atoms with Crippen molar-refractivity contribution >= 4 is 22.3 Å². The monoisotopic (exact) mass is 285 g/mol. The van der Waals surface area contributed by atoms with Gasteiger partial charge in [0.25, 0.3) is 5.69 Å². The number of hydrogen-bond donors (Lipinski definition) is 2. The van der Waals surface area contributed by atoms with Crippen LogP contribution in [0.5, 0.6) is 0 Å². The highest BCUT2D eigenvalue weighted by atomic mass is 16.6. The molecule has 2 aromatic heterocycles. The number of non-ortho nitro benzene ring substituents is 1. The number of rotatable bonds is 4. The van der Waals surface area contributed by atoms with Crippen LogP contribution in [-0.4, -0.2) is 30.5 Å². The lowest BCUT2D eigenvalue weighted by molar-refractivity contribution is -0.383. The first-order chi connectivity index (χ1) is 10.2. The molecule has 0 fully saturated rings. The molecule has 0 aliphatic heterocycles. The molecule has 2 N–H and O–H groups in total. The number of pyridine rings is 1. The molecule has 106 valence electrons. The number of nitro groups is 1. The Labute approximate surface area is 118 Å². The number of anilines is 1. The van der Waals surface area contributed by atoms with Crippen LogP contribution in [0.15, 0.2) is 30.5 Å². The van der Waals surface area contributed by atoms with Crippen LogP contribution >= 0.6 is 0 Å². The standard InChI is InChI=1S/C12H11N7O2/c1-7(12-15-17-18-16-12)14-9-4-5-10(19(20)21)8-3-2-6-13-11(8)9/h2-7,14H,1H3,(H,15,16,17,18). The molecule has 0 aliphatic carbocycles. The van der Waals surface area contributed by atoms with E-state index < -0.39 is 4.92 Å². The maximum Gasteiger partial charge on any atom is 0.278 e. The van der Waals surface area contributed by atoms with Gasteiger partial charge in [-0.15, -0.1) is 10.2 Å². The third-order valence-electron chi connectivity index (χ3n) is 3.06. The van der Waals surface area contributed by atoms with Crippen molar-refractivity contribution in [2.24, 2.45) is 0 Å². The lowest BCUT2D eigenvalue weighted by atomic mass is 10.1. The van der Waals surface area contributed by atoms with E-state index in [2.05, 4.69) is 30.9 Å². The van der Waals surface area contributed by atoms with Gasteiger partial charge in [-0.05, 0) is 25.1 Å². The zero-order chi connectivity index (χ0) is 14.8. The SMILES string of the molecule is CC(Nc1ccc([N+](=O)[O-])c2cccnc12)c1nn[nH]n1. The second kappa shape index (κ2) is 5.12. The van der Waals surface area contributed by atoms with Gasteiger partial charge in [0.2, 0.25) is 0 Å². The van der Waals surface area contributed by atoms with Crippen molar-refractivity contribution in [1.82, 2.24) is 25.6 Å². The molecule has 0 saturated carbocycles. The van der Waals surface area contributed by atoms with E-state index in [-0.39, 0.29) is 11.7 Å². The number of hydrogen-bond acceptors (Lipinski definition) is 7. The molecule has 3 aromatic rings. The molecular weight excluding hydrogens is 274 g/mol. The third-order valence-corrected chi connectivity index (χ3v) is 3.06. The summed E-state index contributed by atoms with van der Waals surface area (Å²) < 4.78 is 0. The van der Waals surface area contributed by atoms with Gasteiger partial charge in [-0.1, -0.05) is 5.21 Å². The van der Waals surface area contributed by atoms with Crippen LogP contribution in [0.2, 0.25) is 0 Å². The highest BCUT2D eigenvalue weighted by molar-refractivity contribution is 5.96. The summed E-state index contributed by atoms with van der Waals surface area (Å²) in [5, 5.41) is 28.4. The van der Waals surface area contributed by atoms with Gasteiger partial charge >= 0.3 is 0 Å². The van der Waals surface area contributed by atoms with Gasteiger partial charge in [-0.3, -0.25) is 15.1 Å². The number of nitrogens with zero attached hydrogens (tertiary/aromatic N) is 5. The Hall–Kier alpha value is -3.10. The average molecular weight is 285 g/mol. The summed E-state index contributed by atoms with van der Waals surface area (Å²) in [5.41, 5.74) is 1.23. The van der Waals surface area contributed by atoms with E-state index in [4.69, 9.17) is 0 Å². The fraction of sp³-hybridized carbons (Fsp3) is 0.167. The maximum atomic E-state index is 11.1. The summed E-state index contributed by atoms with van der Waals surface area (Å²) in [4.78, 5) is 14.9. The minimum Gasteiger partial charge on any atom is -0.373 e. The topological polar surface area (TPSA) is 123 Å². The molecule has 1 aromatic carbocycles. The molecule has 1 unspecified atom stereocenters. The van der Waals surface area contributed by atoms with E-state index in [0.717, 1.165) is 0 Å². The van der Waals surface area contributed by atoms with Gasteiger partial charge in [0.1, 0.15) is 5.52 Å². The molecular formula is C12H11N7O2. The van der Waals surface area contributed by atoms with Crippen molar-refractivity contribution in [2.45, 2.75) is 13.0 Å². The predicted molar refractivity (Wildman–Crippen MR) is 74.6 cm³/mol. The van der Waals surface area contributed by atoms with E-state index in [1.165, 1.54) is 6.07 Å². The Morgan fingerprint density at radius 1 is 1.38 bits per heavy atom. The lowest BCUT2D eigenvalue weighted by Crippen LogP contribution is -2.09. The summed E-state index contributed by atoms with van der Waals surface area (Å²) in [6, 6.07) is 6.21. The van der Waals surface area contributed by atoms with Crippen LogP contribution in [0.4, 0.5) is 11.4 Å². The minimum atomic E-state index is -0.420. The average Bonchev–Trinajstić information content (AvgIpc) is 3.01. The molecule has 9 heteroatoms. The Balaban J connectivity index is 2.04. The predicted octanol–water partition coefficient (Wildman–Crippen LogP) is 1.83. The van der Waals surface area contributed by atoms with Crippen molar-refractivity contribution in [1.29, 1.82) is 0 Å². The number of tetrazole rings is 1. The van der Waals surface area contributed by atoms with E-state index in [9.17, 15) is 10.1 Å². The zero-order valence-corrected chi connectivity index (χ0v) is 11.0. The Morgan fingerprint density at radius 2 is 2.24 bits per heavy atom. The number of benzene rings is 1. The number of fused-ring (bicyclic) bond motifs is 1. The first-order valence-corrected chi connectivity index (χ1v) is 6.19. The third kappa shape index (κ3) is 2.36. The van der Waals surface area contributed by atoms with Gasteiger partial charge in [-0.2, -0.15) is 5.21 Å². The van der Waals surface area contributed by atoms with Crippen molar-refractivity contribution in [3.05, 3.63) is 46.4 Å². The Morgan fingerprint density at radius 3 is 2.95 bits per heavy atom. The molecule has 9 nitrogen and oxygen atoms in total. The second-order valence-corrected chi connectivity index (χ2v) is 4.42. The van der Waals surface area contributed by atoms with Gasteiger partial charge in [-0.25, -0.2) is 0 Å². The zero-order valence-electron chi connectivity index (χ0n) is 11.0. The van der Waals surface area contributed by atoms with Crippen LogP contribution in [-0.2, 0) is 0 Å². The fourth-order valence-corrected chi connectivity index (χ4v) is 2.08. The quantitative estimate of drug-likeness (QED) is 0.553. The number of aromatic amines is 1. The van der Waals surface area contributed by atoms with E-state index in [0.29, 0.717) is 22.4 Å². The summed E-state index contributed by atoms with van der Waals surface area (Å²) in [6.45, 7) is 1.86. The Bertz CT molecular complexity index is 787. The van der Waals surface area contributed by atoms with Crippen molar-refractivity contribution in [2.75, 3.05) is 5.32 Å². The molecule has 0 saturated heterocycles. The molecule has 0 radical (unpaired) electrons. The normalized spacial score (nSPS) is 12.2. The molecule has 21 heavy (non-hydrogen) atoms. The molecule has 3 rings (SSSR count). The van der Waals surface area contributed by atoms with Crippen LogP contribution in [0.3, 0.4) is 0 Å². The molecule has 0 spiro atoms. The van der Waals surface area contributed by atoms with Crippen LogP contribution in [0.25, 0.3) is 10.9 Å². The highest BCUT2D eigenvalue weighted by Crippen LogP contribution is 2.31. The molecule has 0 bridgehead atoms. The van der Waals surface area contributed by atoms with E-state index in [1.807, 2.05) is 6.92 Å². The largest absolute Gasteiger partial charge is 0.373 e. The lowest BCUT2D eigenvalue weighted by Gasteiger charge is -2.13. The molecule has 0 aliphatic rings. The van der Waals surface area contributed by atoms with Gasteiger partial charge in [0, 0.05) is 12.3 Å². The van der Waals surface area contributed by atoms with Crippen LogP contribution in [0.1, 0.15) is 18.8 Å². The highest BCUT2D eigenvalue weighted by Gasteiger charge is 2.17. The summed E-state index contributed by atoms with van der Waals surface area (Å²) >= 11 is 0. The van der Waals surface area contributed by atoms with Gasteiger partial charge < -0.3 is 5.32 Å². The first-order valence-electron chi connectivity index (χ1n) is 6.19. The second-order valence-electron chi connectivity index (χ2n) is 4.42. The number of nitro benzene ring substituents is 1. The van der Waals surface area contributed by atoms with Crippen LogP contribution < -0.4 is 5.32 Å². The van der Waals surface area contributed by atoms with Crippen molar-refractivity contribution in [3.63, 3.8) is 0 Å². The van der Waals surface area contributed by atoms with E-state index in [1.54, 1.807) is 24.4 Å². The van der Waals surface area contributed by atoms with Crippen molar-refractivity contribution < 1.29 is 4.92 Å². The Kier molecular flexibility index (Phi) is 3.14. The number of aromatic nitrogens is 5. The number of nitrogens with one attached hydrogen (secondary N) is 2. The fourth-order valence-electron chi connectivity index (χ4n) is 2.08. The summed E-state index contributed by atoms with van der Waals surface area (Å²) in [5.74, 6) is 0.498.